The van der Waals surface area contributed by atoms with Gasteiger partial charge in [-0.3, -0.25) is 0 Å². The summed E-state index contributed by atoms with van der Waals surface area (Å²) in [6.07, 6.45) is -0.850. The molecule has 0 spiro atoms. The van der Waals surface area contributed by atoms with Crippen molar-refractivity contribution in [3.8, 4) is 5.75 Å². The van der Waals surface area contributed by atoms with Crippen LogP contribution in [0.4, 0.5) is 0 Å². The molecule has 21 heavy (non-hydrogen) atoms. The molecule has 0 aromatic heterocycles. The summed E-state index contributed by atoms with van der Waals surface area (Å²) in [6, 6.07) is 7.42. The van der Waals surface area contributed by atoms with E-state index in [2.05, 4.69) is 31.9 Å². The molecule has 0 amide bonds. The minimum atomic E-state index is -0.850. The molecule has 0 aliphatic carbocycles. The lowest BCUT2D eigenvalue weighted by Crippen LogP contribution is -2.07. The number of rotatable bonds is 3. The normalized spacial score (nSPS) is 12.3. The molecule has 0 radical (unpaired) electrons. The molecule has 112 valence electrons. The Labute approximate surface area is 146 Å². The highest BCUT2D eigenvalue weighted by Crippen LogP contribution is 2.40. The summed E-state index contributed by atoms with van der Waals surface area (Å²) in [7, 11) is 1.61. The fourth-order valence-corrected chi connectivity index (χ4v) is 3.69. The fourth-order valence-electron chi connectivity index (χ4n) is 2.35. The number of aliphatic hydroxyl groups excluding tert-OH is 1. The summed E-state index contributed by atoms with van der Waals surface area (Å²) in [4.78, 5) is 0. The van der Waals surface area contributed by atoms with Crippen LogP contribution in [-0.2, 0) is 0 Å². The second kappa shape index (κ2) is 6.69. The SMILES string of the molecule is COc1c(C)cc(Br)c(C)c1C(O)c1ccc(Br)cc1Cl. The Morgan fingerprint density at radius 3 is 2.43 bits per heavy atom. The van der Waals surface area contributed by atoms with Crippen molar-refractivity contribution in [3.05, 3.63) is 60.5 Å². The first-order valence-electron chi connectivity index (χ1n) is 6.33. The zero-order valence-corrected chi connectivity index (χ0v) is 15.8. The van der Waals surface area contributed by atoms with E-state index in [-0.39, 0.29) is 0 Å². The van der Waals surface area contributed by atoms with Crippen molar-refractivity contribution in [3.63, 3.8) is 0 Å². The van der Waals surface area contributed by atoms with Gasteiger partial charge in [-0.05, 0) is 43.2 Å². The largest absolute Gasteiger partial charge is 0.496 e. The van der Waals surface area contributed by atoms with Crippen LogP contribution in [0, 0.1) is 13.8 Å². The average Bonchev–Trinajstić information content (AvgIpc) is 2.41. The quantitative estimate of drug-likeness (QED) is 0.684. The summed E-state index contributed by atoms with van der Waals surface area (Å²) in [5.74, 6) is 0.683. The second-order valence-corrected chi connectivity index (χ2v) is 6.99. The van der Waals surface area contributed by atoms with Crippen molar-refractivity contribution in [1.82, 2.24) is 0 Å². The zero-order chi connectivity index (χ0) is 15.7. The van der Waals surface area contributed by atoms with E-state index in [1.165, 1.54) is 0 Å². The standard InChI is InChI=1S/C16H15Br2ClO2/c1-8-6-12(18)9(2)14(16(8)21-3)15(20)11-5-4-10(17)7-13(11)19/h4-7,15,20H,1-3H3. The molecule has 1 N–H and O–H groups in total. The van der Waals surface area contributed by atoms with Gasteiger partial charge in [0.2, 0.25) is 0 Å². The Morgan fingerprint density at radius 1 is 1.19 bits per heavy atom. The van der Waals surface area contributed by atoms with E-state index in [0.717, 1.165) is 25.6 Å². The number of ether oxygens (including phenoxy) is 1. The Hall–Kier alpha value is -0.550. The Morgan fingerprint density at radius 2 is 1.86 bits per heavy atom. The molecule has 0 aliphatic rings. The Kier molecular flexibility index (Phi) is 5.36. The van der Waals surface area contributed by atoms with Gasteiger partial charge in [0, 0.05) is 25.1 Å². The Bertz CT molecular complexity index is 686. The third-order valence-corrected chi connectivity index (χ3v) is 5.09. The molecule has 0 aliphatic heterocycles. The monoisotopic (exact) mass is 432 g/mol. The number of hydrogen-bond acceptors (Lipinski definition) is 2. The van der Waals surface area contributed by atoms with Crippen molar-refractivity contribution < 1.29 is 9.84 Å². The van der Waals surface area contributed by atoms with Crippen LogP contribution < -0.4 is 4.74 Å². The van der Waals surface area contributed by atoms with E-state index in [4.69, 9.17) is 16.3 Å². The number of hydrogen-bond donors (Lipinski definition) is 1. The van der Waals surface area contributed by atoms with Crippen LogP contribution in [0.5, 0.6) is 5.75 Å². The van der Waals surface area contributed by atoms with E-state index in [0.29, 0.717) is 16.3 Å². The molecule has 0 fully saturated rings. The Balaban J connectivity index is 2.65. The third-order valence-electron chi connectivity index (χ3n) is 3.44. The average molecular weight is 435 g/mol. The predicted octanol–water partition coefficient (Wildman–Crippen LogP) is 5.57. The minimum absolute atomic E-state index is 0.510. The maximum Gasteiger partial charge on any atom is 0.128 e. The van der Waals surface area contributed by atoms with E-state index >= 15 is 0 Å². The van der Waals surface area contributed by atoms with Gasteiger partial charge in [-0.15, -0.1) is 0 Å². The maximum absolute atomic E-state index is 10.8. The van der Waals surface area contributed by atoms with Gasteiger partial charge in [0.25, 0.3) is 0 Å². The summed E-state index contributed by atoms with van der Waals surface area (Å²) in [5, 5.41) is 11.3. The van der Waals surface area contributed by atoms with Gasteiger partial charge in [0.05, 0.1) is 7.11 Å². The molecule has 5 heteroatoms. The van der Waals surface area contributed by atoms with Crippen molar-refractivity contribution in [2.45, 2.75) is 20.0 Å². The highest BCUT2D eigenvalue weighted by molar-refractivity contribution is 9.10. The molecule has 0 saturated heterocycles. The van der Waals surface area contributed by atoms with Gasteiger partial charge in [0.1, 0.15) is 11.9 Å². The summed E-state index contributed by atoms with van der Waals surface area (Å²) >= 11 is 13.2. The molecule has 2 rings (SSSR count). The van der Waals surface area contributed by atoms with Crippen LogP contribution in [0.3, 0.4) is 0 Å². The molecule has 1 atom stereocenters. The van der Waals surface area contributed by atoms with Crippen LogP contribution in [-0.4, -0.2) is 12.2 Å². The number of methoxy groups -OCH3 is 1. The van der Waals surface area contributed by atoms with E-state index in [1.54, 1.807) is 13.2 Å². The first-order valence-corrected chi connectivity index (χ1v) is 8.29. The molecule has 2 aromatic carbocycles. The van der Waals surface area contributed by atoms with Crippen LogP contribution in [0.2, 0.25) is 5.02 Å². The van der Waals surface area contributed by atoms with Crippen molar-refractivity contribution in [2.24, 2.45) is 0 Å². The van der Waals surface area contributed by atoms with Crippen molar-refractivity contribution in [2.75, 3.05) is 7.11 Å². The molecule has 0 saturated carbocycles. The van der Waals surface area contributed by atoms with E-state index in [1.807, 2.05) is 32.0 Å². The summed E-state index contributed by atoms with van der Waals surface area (Å²) in [5.41, 5.74) is 3.27. The maximum atomic E-state index is 10.8. The molecular weight excluding hydrogens is 419 g/mol. The number of aryl methyl sites for hydroxylation is 1. The molecule has 0 heterocycles. The van der Waals surface area contributed by atoms with Crippen molar-refractivity contribution in [1.29, 1.82) is 0 Å². The van der Waals surface area contributed by atoms with E-state index < -0.39 is 6.10 Å². The predicted molar refractivity (Wildman–Crippen MR) is 93.4 cm³/mol. The highest BCUT2D eigenvalue weighted by atomic mass is 79.9. The van der Waals surface area contributed by atoms with Gasteiger partial charge in [-0.25, -0.2) is 0 Å². The van der Waals surface area contributed by atoms with Gasteiger partial charge < -0.3 is 9.84 Å². The van der Waals surface area contributed by atoms with Gasteiger partial charge in [-0.2, -0.15) is 0 Å². The fraction of sp³-hybridized carbons (Fsp3) is 0.250. The summed E-state index contributed by atoms with van der Waals surface area (Å²) in [6.45, 7) is 3.89. The number of halogens is 3. The molecule has 1 unspecified atom stereocenters. The highest BCUT2D eigenvalue weighted by Gasteiger charge is 2.23. The van der Waals surface area contributed by atoms with Crippen LogP contribution in [0.15, 0.2) is 33.2 Å². The minimum Gasteiger partial charge on any atom is -0.496 e. The van der Waals surface area contributed by atoms with Gasteiger partial charge >= 0.3 is 0 Å². The lowest BCUT2D eigenvalue weighted by Gasteiger charge is -2.21. The van der Waals surface area contributed by atoms with Crippen LogP contribution >= 0.6 is 43.5 Å². The van der Waals surface area contributed by atoms with Crippen LogP contribution in [0.25, 0.3) is 0 Å². The number of benzene rings is 2. The lowest BCUT2D eigenvalue weighted by atomic mass is 9.94. The topological polar surface area (TPSA) is 29.5 Å². The molecule has 2 nitrogen and oxygen atoms in total. The smallest absolute Gasteiger partial charge is 0.128 e. The molecule has 0 bridgehead atoms. The summed E-state index contributed by atoms with van der Waals surface area (Å²) < 4.78 is 7.29. The number of aliphatic hydroxyl groups is 1. The first kappa shape index (κ1) is 16.8. The van der Waals surface area contributed by atoms with Gasteiger partial charge in [-0.1, -0.05) is 49.5 Å². The first-order chi connectivity index (χ1) is 9.86. The van der Waals surface area contributed by atoms with Crippen LogP contribution in [0.1, 0.15) is 28.4 Å². The molecule has 2 aromatic rings. The van der Waals surface area contributed by atoms with E-state index in [9.17, 15) is 5.11 Å². The second-order valence-electron chi connectivity index (χ2n) is 4.82. The molecular formula is C16H15Br2ClO2. The third kappa shape index (κ3) is 3.29. The van der Waals surface area contributed by atoms with Crippen molar-refractivity contribution >= 4 is 43.5 Å². The zero-order valence-electron chi connectivity index (χ0n) is 11.9. The lowest BCUT2D eigenvalue weighted by molar-refractivity contribution is 0.213. The van der Waals surface area contributed by atoms with Gasteiger partial charge in [0.15, 0.2) is 0 Å².